The fourth-order valence-electron chi connectivity index (χ4n) is 4.30. The number of H-pyrrole nitrogens is 1. The van der Waals surface area contributed by atoms with Crippen molar-refractivity contribution in [2.24, 2.45) is 0 Å². The number of imidazole rings is 1. The first-order chi connectivity index (χ1) is 15.1. The molecule has 0 spiro atoms. The molecule has 158 valence electrons. The van der Waals surface area contributed by atoms with E-state index in [9.17, 15) is 9.90 Å². The Bertz CT molecular complexity index is 1210. The number of rotatable bonds is 5. The van der Waals surface area contributed by atoms with E-state index in [1.54, 1.807) is 6.07 Å². The number of piperidine rings is 1. The van der Waals surface area contributed by atoms with E-state index in [4.69, 9.17) is 14.5 Å². The summed E-state index contributed by atoms with van der Waals surface area (Å²) in [5, 5.41) is 19.1. The van der Waals surface area contributed by atoms with Gasteiger partial charge in [0.1, 0.15) is 28.7 Å². The second-order valence-electron chi connectivity index (χ2n) is 7.92. The number of aromatic carboxylic acids is 1. The van der Waals surface area contributed by atoms with Crippen molar-refractivity contribution in [3.63, 3.8) is 0 Å². The highest BCUT2D eigenvalue weighted by molar-refractivity contribution is 5.91. The highest BCUT2D eigenvalue weighted by atomic mass is 16.4. The minimum Gasteiger partial charge on any atom is -0.507 e. The van der Waals surface area contributed by atoms with Gasteiger partial charge in [0.05, 0.1) is 23.6 Å². The molecule has 1 fully saturated rings. The molecule has 0 saturated carbocycles. The zero-order chi connectivity index (χ0) is 21.4. The summed E-state index contributed by atoms with van der Waals surface area (Å²) in [4.78, 5) is 21.8. The first kappa shape index (κ1) is 19.4. The van der Waals surface area contributed by atoms with Crippen LogP contribution in [0.5, 0.6) is 5.75 Å². The zero-order valence-corrected chi connectivity index (χ0v) is 16.9. The van der Waals surface area contributed by atoms with Gasteiger partial charge in [0, 0.05) is 5.56 Å². The number of aromatic amines is 1. The van der Waals surface area contributed by atoms with Gasteiger partial charge in [0.25, 0.3) is 0 Å². The van der Waals surface area contributed by atoms with Crippen molar-refractivity contribution in [2.45, 2.75) is 31.8 Å². The van der Waals surface area contributed by atoms with E-state index < -0.39 is 5.97 Å². The van der Waals surface area contributed by atoms with Crippen LogP contribution in [0.15, 0.2) is 59.0 Å². The molecule has 4 aromatic rings. The molecule has 0 unspecified atom stereocenters. The topological polar surface area (TPSA) is 103 Å². The number of hydrogen-bond donors (Lipinski definition) is 3. The first-order valence-corrected chi connectivity index (χ1v) is 10.4. The molecule has 31 heavy (non-hydrogen) atoms. The molecule has 0 bridgehead atoms. The number of nitrogens with one attached hydrogen (secondary N) is 1. The van der Waals surface area contributed by atoms with E-state index in [0.717, 1.165) is 48.4 Å². The predicted octanol–water partition coefficient (Wildman–Crippen LogP) is 4.95. The Balaban J connectivity index is 1.37. The monoisotopic (exact) mass is 417 g/mol. The Morgan fingerprint density at radius 1 is 1.16 bits per heavy atom. The van der Waals surface area contributed by atoms with Crippen LogP contribution < -0.4 is 0 Å². The molecule has 5 rings (SSSR count). The molecule has 3 heterocycles. The number of nitrogens with zero attached hydrogens (tertiary/aromatic N) is 2. The SMILES string of the molecule is O=C(O)c1ccc(-c2ccc(CN3CCCC[C@H]3c3nc4ccccc4[nH]3)o2)cc1O. The smallest absolute Gasteiger partial charge is 0.339 e. The second-order valence-corrected chi connectivity index (χ2v) is 7.92. The third-order valence-corrected chi connectivity index (χ3v) is 5.87. The lowest BCUT2D eigenvalue weighted by Crippen LogP contribution is -2.33. The van der Waals surface area contributed by atoms with E-state index >= 15 is 0 Å². The number of carbonyl (C=O) groups is 1. The Hall–Kier alpha value is -3.58. The molecular weight excluding hydrogens is 394 g/mol. The fraction of sp³-hybridized carbons (Fsp3) is 0.250. The van der Waals surface area contributed by atoms with E-state index in [0.29, 0.717) is 17.9 Å². The van der Waals surface area contributed by atoms with Gasteiger partial charge in [-0.15, -0.1) is 0 Å². The molecule has 1 saturated heterocycles. The van der Waals surface area contributed by atoms with Crippen LogP contribution in [0.25, 0.3) is 22.4 Å². The fourth-order valence-corrected chi connectivity index (χ4v) is 4.30. The lowest BCUT2D eigenvalue weighted by atomic mass is 10.0. The Kier molecular flexibility index (Phi) is 4.95. The number of benzene rings is 2. The molecule has 1 aliphatic heterocycles. The number of likely N-dealkylation sites (tertiary alicyclic amines) is 1. The number of aromatic nitrogens is 2. The number of hydrogen-bond acceptors (Lipinski definition) is 5. The highest BCUT2D eigenvalue weighted by Gasteiger charge is 2.27. The summed E-state index contributed by atoms with van der Waals surface area (Å²) >= 11 is 0. The predicted molar refractivity (Wildman–Crippen MR) is 116 cm³/mol. The third kappa shape index (κ3) is 3.80. The van der Waals surface area contributed by atoms with Crippen molar-refractivity contribution in [3.8, 4) is 17.1 Å². The first-order valence-electron chi connectivity index (χ1n) is 10.4. The average Bonchev–Trinajstić information content (AvgIpc) is 3.41. The quantitative estimate of drug-likeness (QED) is 0.424. The summed E-state index contributed by atoms with van der Waals surface area (Å²) in [6.07, 6.45) is 3.34. The zero-order valence-electron chi connectivity index (χ0n) is 16.9. The number of para-hydroxylation sites is 2. The number of carboxylic acid groups (broad SMARTS) is 1. The maximum atomic E-state index is 11.1. The van der Waals surface area contributed by atoms with E-state index in [1.807, 2.05) is 36.4 Å². The third-order valence-electron chi connectivity index (χ3n) is 5.87. The van der Waals surface area contributed by atoms with Crippen LogP contribution in [0.1, 0.15) is 47.2 Å². The van der Waals surface area contributed by atoms with Crippen molar-refractivity contribution in [3.05, 3.63) is 71.7 Å². The van der Waals surface area contributed by atoms with Crippen LogP contribution in [0.2, 0.25) is 0 Å². The number of phenols is 1. The van der Waals surface area contributed by atoms with Crippen LogP contribution in [0.3, 0.4) is 0 Å². The van der Waals surface area contributed by atoms with E-state index in [1.165, 1.54) is 12.1 Å². The molecule has 1 atom stereocenters. The van der Waals surface area contributed by atoms with E-state index in [-0.39, 0.29) is 17.4 Å². The molecular formula is C24H23N3O4. The molecule has 7 heteroatoms. The van der Waals surface area contributed by atoms with E-state index in [2.05, 4.69) is 9.88 Å². The second kappa shape index (κ2) is 7.92. The number of aromatic hydroxyl groups is 1. The van der Waals surface area contributed by atoms with Gasteiger partial charge in [0.2, 0.25) is 0 Å². The molecule has 0 amide bonds. The van der Waals surface area contributed by atoms with Crippen molar-refractivity contribution in [1.82, 2.24) is 14.9 Å². The molecule has 1 aliphatic rings. The summed E-state index contributed by atoms with van der Waals surface area (Å²) in [6, 6.07) is 16.5. The van der Waals surface area contributed by atoms with Gasteiger partial charge in [0.15, 0.2) is 0 Å². The lowest BCUT2D eigenvalue weighted by Gasteiger charge is -2.33. The van der Waals surface area contributed by atoms with Gasteiger partial charge in [-0.2, -0.15) is 0 Å². The van der Waals surface area contributed by atoms with Crippen LogP contribution in [0, 0.1) is 0 Å². The lowest BCUT2D eigenvalue weighted by molar-refractivity contribution is 0.0693. The summed E-state index contributed by atoms with van der Waals surface area (Å²) in [6.45, 7) is 1.62. The molecule has 7 nitrogen and oxygen atoms in total. The minimum atomic E-state index is -1.16. The number of fused-ring (bicyclic) bond motifs is 1. The molecule has 2 aromatic carbocycles. The normalized spacial score (nSPS) is 17.2. The van der Waals surface area contributed by atoms with Crippen LogP contribution >= 0.6 is 0 Å². The van der Waals surface area contributed by atoms with Crippen LogP contribution in [0.4, 0.5) is 0 Å². The van der Waals surface area contributed by atoms with Crippen LogP contribution in [-0.4, -0.2) is 37.6 Å². The van der Waals surface area contributed by atoms with Gasteiger partial charge in [-0.25, -0.2) is 9.78 Å². The van der Waals surface area contributed by atoms with Crippen molar-refractivity contribution in [1.29, 1.82) is 0 Å². The molecule has 3 N–H and O–H groups in total. The van der Waals surface area contributed by atoms with Crippen LogP contribution in [-0.2, 0) is 6.54 Å². The summed E-state index contributed by atoms with van der Waals surface area (Å²) < 4.78 is 6.04. The average molecular weight is 417 g/mol. The summed E-state index contributed by atoms with van der Waals surface area (Å²) in [5.41, 5.74) is 2.54. The summed E-state index contributed by atoms with van der Waals surface area (Å²) in [7, 11) is 0. The van der Waals surface area contributed by atoms with Gasteiger partial charge in [-0.1, -0.05) is 24.6 Å². The highest BCUT2D eigenvalue weighted by Crippen LogP contribution is 2.33. The Morgan fingerprint density at radius 2 is 2.03 bits per heavy atom. The molecule has 0 radical (unpaired) electrons. The minimum absolute atomic E-state index is 0.127. The van der Waals surface area contributed by atoms with Gasteiger partial charge >= 0.3 is 5.97 Å². The van der Waals surface area contributed by atoms with Gasteiger partial charge in [-0.3, -0.25) is 4.90 Å². The Labute approximate surface area is 179 Å². The standard InChI is InChI=1S/C24H23N3O4/c28-21-13-15(8-10-17(21)24(29)30)22-11-9-16(31-22)14-27-12-4-3-7-20(27)23-25-18-5-1-2-6-19(18)26-23/h1-2,5-6,8-11,13,20,28H,3-4,7,12,14H2,(H,25,26)(H,29,30)/t20-/m0/s1. The number of carboxylic acids is 1. The Morgan fingerprint density at radius 3 is 2.84 bits per heavy atom. The molecule has 2 aromatic heterocycles. The number of furan rings is 1. The maximum absolute atomic E-state index is 11.1. The maximum Gasteiger partial charge on any atom is 0.339 e. The summed E-state index contributed by atoms with van der Waals surface area (Å²) in [5.74, 6) is 0.969. The largest absolute Gasteiger partial charge is 0.507 e. The molecule has 0 aliphatic carbocycles. The van der Waals surface area contributed by atoms with Gasteiger partial charge < -0.3 is 19.6 Å². The van der Waals surface area contributed by atoms with Crippen molar-refractivity contribution in [2.75, 3.05) is 6.54 Å². The van der Waals surface area contributed by atoms with Crippen molar-refractivity contribution >= 4 is 17.0 Å². The van der Waals surface area contributed by atoms with Crippen molar-refractivity contribution < 1.29 is 19.4 Å². The van der Waals surface area contributed by atoms with Gasteiger partial charge in [-0.05, 0) is 55.8 Å².